The summed E-state index contributed by atoms with van der Waals surface area (Å²) >= 11 is 0. The second kappa shape index (κ2) is 11.9. The van der Waals surface area contributed by atoms with Gasteiger partial charge in [-0.05, 0) is 59.2 Å². The van der Waals surface area contributed by atoms with E-state index in [1.165, 1.54) is 16.8 Å². The fourth-order valence-electron chi connectivity index (χ4n) is 5.03. The number of fused-ring (bicyclic) bond motifs is 1. The van der Waals surface area contributed by atoms with E-state index in [1.807, 2.05) is 19.9 Å². The van der Waals surface area contributed by atoms with Gasteiger partial charge in [-0.15, -0.1) is 0 Å². The average molecular weight is 482 g/mol. The molecular weight excluding hydrogens is 446 g/mol. The Kier molecular flexibility index (Phi) is 8.40. The number of nitriles is 1. The molecule has 5 nitrogen and oxygen atoms in total. The summed E-state index contributed by atoms with van der Waals surface area (Å²) < 4.78 is 0. The van der Waals surface area contributed by atoms with Crippen molar-refractivity contribution in [2.75, 3.05) is 18.5 Å². The highest BCUT2D eigenvalue weighted by Crippen LogP contribution is 2.35. The maximum atomic E-state index is 12.0. The number of benzene rings is 3. The number of carbonyl (C=O) groups excluding carboxylic acids is 1. The summed E-state index contributed by atoms with van der Waals surface area (Å²) in [6.45, 7) is 5.08. The number of anilines is 1. The zero-order valence-corrected chi connectivity index (χ0v) is 21.5. The predicted octanol–water partition coefficient (Wildman–Crippen LogP) is 6.63. The van der Waals surface area contributed by atoms with Crippen LogP contribution in [0.1, 0.15) is 66.9 Å². The van der Waals surface area contributed by atoms with Crippen molar-refractivity contribution in [1.82, 2.24) is 5.48 Å². The smallest absolute Gasteiger partial charge is 0.243 e. The van der Waals surface area contributed by atoms with Crippen LogP contribution in [-0.2, 0) is 16.1 Å². The molecule has 0 aliphatic carbocycles. The van der Waals surface area contributed by atoms with Crippen LogP contribution in [-0.4, -0.2) is 19.5 Å². The molecule has 36 heavy (non-hydrogen) atoms. The van der Waals surface area contributed by atoms with Crippen LogP contribution in [0.2, 0.25) is 0 Å². The summed E-state index contributed by atoms with van der Waals surface area (Å²) in [6, 6.07) is 25.9. The molecule has 1 heterocycles. The van der Waals surface area contributed by atoms with Crippen LogP contribution in [0, 0.1) is 18.3 Å². The van der Waals surface area contributed by atoms with E-state index in [0.717, 1.165) is 48.1 Å². The number of hydrogen-bond donors (Lipinski definition) is 1. The number of nitrogens with one attached hydrogen (secondary N) is 1. The summed E-state index contributed by atoms with van der Waals surface area (Å²) in [5.41, 5.74) is 10.8. The van der Waals surface area contributed by atoms with Crippen LogP contribution >= 0.6 is 0 Å². The fourth-order valence-corrected chi connectivity index (χ4v) is 5.03. The van der Waals surface area contributed by atoms with Gasteiger partial charge in [0.1, 0.15) is 6.10 Å². The lowest BCUT2D eigenvalue weighted by atomic mass is 9.86. The fraction of sp³-hybridized carbons (Fsp3) is 0.355. The first kappa shape index (κ1) is 25.5. The third-order valence-electron chi connectivity index (χ3n) is 7.04. The van der Waals surface area contributed by atoms with E-state index < -0.39 is 6.10 Å². The van der Waals surface area contributed by atoms with Gasteiger partial charge in [0.05, 0.1) is 12.5 Å². The van der Waals surface area contributed by atoms with E-state index in [4.69, 9.17) is 4.84 Å². The van der Waals surface area contributed by atoms with Crippen LogP contribution in [0.5, 0.6) is 0 Å². The molecule has 0 spiro atoms. The van der Waals surface area contributed by atoms with Gasteiger partial charge in [-0.3, -0.25) is 9.63 Å². The lowest BCUT2D eigenvalue weighted by Gasteiger charge is -2.33. The summed E-state index contributed by atoms with van der Waals surface area (Å²) in [6.07, 6.45) is 2.92. The van der Waals surface area contributed by atoms with Crippen molar-refractivity contribution in [3.8, 4) is 17.2 Å². The Morgan fingerprint density at radius 3 is 2.61 bits per heavy atom. The van der Waals surface area contributed by atoms with Crippen molar-refractivity contribution in [1.29, 1.82) is 5.26 Å². The lowest BCUT2D eigenvalue weighted by Crippen LogP contribution is -2.30. The van der Waals surface area contributed by atoms with Gasteiger partial charge in [-0.25, -0.2) is 5.48 Å². The first-order valence-corrected chi connectivity index (χ1v) is 12.8. The topological polar surface area (TPSA) is 65.4 Å². The second-order valence-corrected chi connectivity index (χ2v) is 9.70. The van der Waals surface area contributed by atoms with E-state index in [-0.39, 0.29) is 12.3 Å². The zero-order valence-electron chi connectivity index (χ0n) is 21.5. The van der Waals surface area contributed by atoms with Crippen molar-refractivity contribution in [2.24, 2.45) is 0 Å². The lowest BCUT2D eigenvalue weighted by molar-refractivity contribution is -0.138. The molecule has 3 aromatic rings. The van der Waals surface area contributed by atoms with Gasteiger partial charge in [0, 0.05) is 31.6 Å². The molecule has 2 atom stereocenters. The summed E-state index contributed by atoms with van der Waals surface area (Å²) in [5, 5.41) is 9.29. The summed E-state index contributed by atoms with van der Waals surface area (Å²) in [5.74, 6) is 0.321. The van der Waals surface area contributed by atoms with Crippen LogP contribution < -0.4 is 10.4 Å². The molecule has 4 rings (SSSR count). The molecule has 1 aliphatic rings. The second-order valence-electron chi connectivity index (χ2n) is 9.70. The van der Waals surface area contributed by atoms with Crippen molar-refractivity contribution in [2.45, 2.75) is 58.0 Å². The number of aryl methyl sites for hydroxylation is 1. The monoisotopic (exact) mass is 481 g/mol. The Hall–Kier alpha value is -3.62. The molecule has 1 N–H and O–H groups in total. The van der Waals surface area contributed by atoms with Gasteiger partial charge in [-0.2, -0.15) is 5.26 Å². The molecule has 0 saturated carbocycles. The van der Waals surface area contributed by atoms with Crippen molar-refractivity contribution >= 4 is 11.6 Å². The largest absolute Gasteiger partial charge is 0.374 e. The molecule has 1 aliphatic heterocycles. The highest BCUT2D eigenvalue weighted by molar-refractivity contribution is 5.74. The molecule has 0 unspecified atom stereocenters. The average Bonchev–Trinajstić information content (AvgIpc) is 2.90. The van der Waals surface area contributed by atoms with Gasteiger partial charge in [-0.1, -0.05) is 74.0 Å². The maximum absolute atomic E-state index is 12.0. The Labute approximate surface area is 214 Å². The molecule has 186 valence electrons. The van der Waals surface area contributed by atoms with Gasteiger partial charge >= 0.3 is 0 Å². The molecule has 3 aromatic carbocycles. The molecule has 0 fully saturated rings. The molecule has 5 heteroatoms. The number of nitrogens with zero attached hydrogens (tertiary/aromatic N) is 2. The van der Waals surface area contributed by atoms with E-state index in [0.29, 0.717) is 12.3 Å². The number of hydroxylamine groups is 1. The van der Waals surface area contributed by atoms with Crippen LogP contribution in [0.15, 0.2) is 66.7 Å². The van der Waals surface area contributed by atoms with Crippen molar-refractivity contribution in [3.63, 3.8) is 0 Å². The molecular formula is C31H35N3O2. The Bertz CT molecular complexity index is 1230. The predicted molar refractivity (Wildman–Crippen MR) is 144 cm³/mol. The molecule has 1 amide bonds. The number of para-hydroxylation sites is 1. The normalized spacial score (nSPS) is 15.6. The number of unbranched alkanes of at least 4 members (excludes halogenated alkanes) is 1. The van der Waals surface area contributed by atoms with E-state index >= 15 is 0 Å². The summed E-state index contributed by atoms with van der Waals surface area (Å²) in [7, 11) is 2.17. The maximum Gasteiger partial charge on any atom is 0.243 e. The van der Waals surface area contributed by atoms with Gasteiger partial charge in [0.2, 0.25) is 5.91 Å². The number of rotatable bonds is 9. The minimum Gasteiger partial charge on any atom is -0.374 e. The molecule has 0 radical (unpaired) electrons. The van der Waals surface area contributed by atoms with Crippen LogP contribution in [0.4, 0.5) is 5.69 Å². The molecule has 0 saturated heterocycles. The van der Waals surface area contributed by atoms with Crippen molar-refractivity contribution in [3.05, 3.63) is 89.0 Å². The number of amides is 1. The highest BCUT2D eigenvalue weighted by Gasteiger charge is 2.23. The zero-order chi connectivity index (χ0) is 25.5. The summed E-state index contributed by atoms with van der Waals surface area (Å²) in [4.78, 5) is 20.0. The Morgan fingerprint density at radius 1 is 1.14 bits per heavy atom. The minimum absolute atomic E-state index is 0.151. The SMILES string of the molecule is CCCCC(=O)NO[C@@H](CC#N)c1ccc(-c2ccc([C@H]3Cc4ccccc4N(C)C3)cc2)cc1C. The standard InChI is InChI=1S/C31H35N3O2/c1-4-5-10-31(35)33-36-30(17-18-32)28-16-15-25(19-22(28)2)23-11-13-24(14-12-23)27-20-26-8-6-7-9-29(26)34(3)21-27/h6-9,11-16,19,27,30H,4-5,10,17,20-21H2,1-3H3,(H,33,35)/t27-,30-/m0/s1. The third-order valence-corrected chi connectivity index (χ3v) is 7.04. The van der Waals surface area contributed by atoms with Gasteiger partial charge in [0.25, 0.3) is 0 Å². The van der Waals surface area contributed by atoms with Crippen LogP contribution in [0.3, 0.4) is 0 Å². The Balaban J connectivity index is 1.46. The quantitative estimate of drug-likeness (QED) is 0.348. The van der Waals surface area contributed by atoms with Gasteiger partial charge in [0.15, 0.2) is 0 Å². The Morgan fingerprint density at radius 2 is 1.89 bits per heavy atom. The van der Waals surface area contributed by atoms with Crippen LogP contribution in [0.25, 0.3) is 11.1 Å². The van der Waals surface area contributed by atoms with E-state index in [2.05, 4.69) is 84.2 Å². The first-order valence-electron chi connectivity index (χ1n) is 12.8. The highest BCUT2D eigenvalue weighted by atomic mass is 16.7. The van der Waals surface area contributed by atoms with Crippen molar-refractivity contribution < 1.29 is 9.63 Å². The molecule has 0 bridgehead atoms. The first-order chi connectivity index (χ1) is 17.5. The van der Waals surface area contributed by atoms with E-state index in [1.54, 1.807) is 0 Å². The number of hydrogen-bond acceptors (Lipinski definition) is 4. The number of likely N-dealkylation sites (N-methyl/N-ethyl adjacent to an activating group) is 1. The van der Waals surface area contributed by atoms with E-state index in [9.17, 15) is 10.1 Å². The minimum atomic E-state index is -0.497. The molecule has 0 aromatic heterocycles. The van der Waals surface area contributed by atoms with Gasteiger partial charge < -0.3 is 4.90 Å². The third kappa shape index (κ3) is 5.95. The number of carbonyl (C=O) groups is 1.